The molecule has 1 unspecified atom stereocenters. The summed E-state index contributed by atoms with van der Waals surface area (Å²) in [4.78, 5) is 28.9. The van der Waals surface area contributed by atoms with Gasteiger partial charge in [-0.2, -0.15) is 0 Å². The quantitative estimate of drug-likeness (QED) is 0.685. The van der Waals surface area contributed by atoms with Crippen molar-refractivity contribution in [3.63, 3.8) is 0 Å². The van der Waals surface area contributed by atoms with E-state index in [1.807, 2.05) is 18.2 Å². The summed E-state index contributed by atoms with van der Waals surface area (Å²) in [5.41, 5.74) is 2.06. The van der Waals surface area contributed by atoms with Crippen molar-refractivity contribution < 1.29 is 23.8 Å². The van der Waals surface area contributed by atoms with Crippen molar-refractivity contribution >= 4 is 17.6 Å². The minimum atomic E-state index is -0.457. The number of esters is 1. The van der Waals surface area contributed by atoms with Crippen LogP contribution < -0.4 is 14.4 Å². The molecule has 164 valence electrons. The molecule has 2 aromatic rings. The number of amides is 1. The summed E-state index contributed by atoms with van der Waals surface area (Å²) in [5, 5.41) is 0. The minimum Gasteiger partial charge on any atom is -0.490 e. The summed E-state index contributed by atoms with van der Waals surface area (Å²) in [6.45, 7) is 2.42. The van der Waals surface area contributed by atoms with Gasteiger partial charge in [0.2, 0.25) is 5.91 Å². The zero-order valence-electron chi connectivity index (χ0n) is 18.0. The molecule has 1 amide bonds. The summed E-state index contributed by atoms with van der Waals surface area (Å²) in [7, 11) is 3.04. The summed E-state index contributed by atoms with van der Waals surface area (Å²) in [6.07, 6.45) is 2.87. The fraction of sp³-hybridized carbons (Fsp3) is 0.417. The maximum absolute atomic E-state index is 13.1. The Hall–Kier alpha value is -3.06. The third kappa shape index (κ3) is 4.51. The number of hydrogen-bond acceptors (Lipinski definition) is 6. The van der Waals surface area contributed by atoms with Gasteiger partial charge in [-0.3, -0.25) is 9.69 Å². The second kappa shape index (κ2) is 9.39. The molecule has 0 saturated carbocycles. The standard InChI is InChI=1S/C24H28N2O5/c1-25(20-8-4-3-7-18(20)24(28)29-2)23(27)16-26-12-5-9-19(26)17-10-11-21-22(15-17)31-14-6-13-30-21/h3-4,7-8,10-11,15,19H,5-6,9,12-14,16H2,1-2H3. The van der Waals surface area contributed by atoms with E-state index in [2.05, 4.69) is 11.0 Å². The minimum absolute atomic E-state index is 0.0717. The number of carbonyl (C=O) groups is 2. The van der Waals surface area contributed by atoms with Gasteiger partial charge in [0.05, 0.1) is 38.1 Å². The van der Waals surface area contributed by atoms with E-state index < -0.39 is 5.97 Å². The first-order valence-electron chi connectivity index (χ1n) is 10.7. The number of para-hydroxylation sites is 1. The number of anilines is 1. The van der Waals surface area contributed by atoms with Crippen LogP contribution in [0.1, 0.15) is 41.2 Å². The molecule has 1 fully saturated rings. The Morgan fingerprint density at radius 3 is 2.68 bits per heavy atom. The number of rotatable bonds is 5. The van der Waals surface area contributed by atoms with Crippen LogP contribution in [0.5, 0.6) is 11.5 Å². The van der Waals surface area contributed by atoms with Gasteiger partial charge in [0, 0.05) is 19.5 Å². The number of fused-ring (bicyclic) bond motifs is 1. The van der Waals surface area contributed by atoms with Crippen LogP contribution in [0.15, 0.2) is 42.5 Å². The molecule has 2 aliphatic rings. The Morgan fingerprint density at radius 1 is 1.10 bits per heavy atom. The monoisotopic (exact) mass is 424 g/mol. The molecule has 0 bridgehead atoms. The van der Waals surface area contributed by atoms with Crippen molar-refractivity contribution in [1.29, 1.82) is 0 Å². The Bertz CT molecular complexity index is 961. The fourth-order valence-corrected chi connectivity index (χ4v) is 4.24. The van der Waals surface area contributed by atoms with Crippen LogP contribution in [-0.4, -0.2) is 57.2 Å². The summed E-state index contributed by atoms with van der Waals surface area (Å²) in [5.74, 6) is 1.03. The maximum Gasteiger partial charge on any atom is 0.339 e. The molecular weight excluding hydrogens is 396 g/mol. The van der Waals surface area contributed by atoms with E-state index >= 15 is 0 Å². The van der Waals surface area contributed by atoms with E-state index in [1.165, 1.54) is 12.0 Å². The van der Waals surface area contributed by atoms with Crippen LogP contribution >= 0.6 is 0 Å². The first kappa shape index (κ1) is 21.2. The SMILES string of the molecule is COC(=O)c1ccccc1N(C)C(=O)CN1CCCC1c1ccc2c(c1)OCCCO2. The molecule has 0 N–H and O–H groups in total. The summed E-state index contributed by atoms with van der Waals surface area (Å²) in [6, 6.07) is 13.2. The average molecular weight is 424 g/mol. The molecule has 31 heavy (non-hydrogen) atoms. The molecular formula is C24H28N2O5. The lowest BCUT2D eigenvalue weighted by Gasteiger charge is -2.28. The zero-order valence-corrected chi connectivity index (χ0v) is 18.0. The van der Waals surface area contributed by atoms with E-state index in [0.717, 1.165) is 42.9 Å². The van der Waals surface area contributed by atoms with Gasteiger partial charge in [0.25, 0.3) is 0 Å². The second-order valence-corrected chi connectivity index (χ2v) is 7.85. The number of likely N-dealkylation sites (tertiary alicyclic amines) is 1. The third-order valence-electron chi connectivity index (χ3n) is 5.90. The highest BCUT2D eigenvalue weighted by atomic mass is 16.5. The molecule has 2 heterocycles. The lowest BCUT2D eigenvalue weighted by Crippen LogP contribution is -2.38. The Balaban J connectivity index is 1.50. The average Bonchev–Trinajstić information content (AvgIpc) is 3.13. The van der Waals surface area contributed by atoms with Crippen molar-refractivity contribution in [3.05, 3.63) is 53.6 Å². The number of nitrogens with zero attached hydrogens (tertiary/aromatic N) is 2. The highest BCUT2D eigenvalue weighted by Gasteiger charge is 2.30. The summed E-state index contributed by atoms with van der Waals surface area (Å²) < 4.78 is 16.4. The van der Waals surface area contributed by atoms with E-state index in [-0.39, 0.29) is 18.5 Å². The highest BCUT2D eigenvalue weighted by Crippen LogP contribution is 2.38. The third-order valence-corrected chi connectivity index (χ3v) is 5.90. The predicted octanol–water partition coefficient (Wildman–Crippen LogP) is 3.43. The molecule has 0 radical (unpaired) electrons. The molecule has 0 spiro atoms. The molecule has 1 saturated heterocycles. The number of hydrogen-bond donors (Lipinski definition) is 0. The van der Waals surface area contributed by atoms with Gasteiger partial charge >= 0.3 is 5.97 Å². The van der Waals surface area contributed by atoms with Crippen molar-refractivity contribution in [2.75, 3.05) is 45.4 Å². The van der Waals surface area contributed by atoms with Gasteiger partial charge in [-0.15, -0.1) is 0 Å². The van der Waals surface area contributed by atoms with Gasteiger partial charge in [-0.05, 0) is 49.2 Å². The molecule has 7 nitrogen and oxygen atoms in total. The lowest BCUT2D eigenvalue weighted by atomic mass is 10.0. The van der Waals surface area contributed by atoms with Gasteiger partial charge < -0.3 is 19.1 Å². The fourth-order valence-electron chi connectivity index (χ4n) is 4.24. The molecule has 2 aliphatic heterocycles. The van der Waals surface area contributed by atoms with Crippen LogP contribution in [0.4, 0.5) is 5.69 Å². The smallest absolute Gasteiger partial charge is 0.339 e. The number of benzene rings is 2. The van der Waals surface area contributed by atoms with Crippen LogP contribution in [0.25, 0.3) is 0 Å². The number of ether oxygens (including phenoxy) is 3. The highest BCUT2D eigenvalue weighted by molar-refractivity contribution is 6.02. The van der Waals surface area contributed by atoms with Crippen LogP contribution in [0.3, 0.4) is 0 Å². The number of likely N-dealkylation sites (N-methyl/N-ethyl adjacent to an activating group) is 1. The van der Waals surface area contributed by atoms with Crippen molar-refractivity contribution in [3.8, 4) is 11.5 Å². The first-order chi connectivity index (χ1) is 15.1. The molecule has 7 heteroatoms. The Morgan fingerprint density at radius 2 is 1.87 bits per heavy atom. The topological polar surface area (TPSA) is 68.3 Å². The molecule has 2 aromatic carbocycles. The van der Waals surface area contributed by atoms with E-state index in [1.54, 1.807) is 25.2 Å². The Kier molecular flexibility index (Phi) is 6.42. The van der Waals surface area contributed by atoms with Gasteiger partial charge in [0.15, 0.2) is 11.5 Å². The van der Waals surface area contributed by atoms with Gasteiger partial charge in [-0.25, -0.2) is 4.79 Å². The number of carbonyl (C=O) groups excluding carboxylic acids is 2. The Labute approximate surface area is 182 Å². The van der Waals surface area contributed by atoms with Crippen LogP contribution in [-0.2, 0) is 9.53 Å². The number of methoxy groups -OCH3 is 1. The largest absolute Gasteiger partial charge is 0.490 e. The predicted molar refractivity (Wildman–Crippen MR) is 117 cm³/mol. The van der Waals surface area contributed by atoms with Gasteiger partial charge in [-0.1, -0.05) is 18.2 Å². The van der Waals surface area contributed by atoms with Crippen LogP contribution in [0.2, 0.25) is 0 Å². The van der Waals surface area contributed by atoms with Crippen LogP contribution in [0, 0.1) is 0 Å². The maximum atomic E-state index is 13.1. The zero-order chi connectivity index (χ0) is 21.8. The van der Waals surface area contributed by atoms with Crippen molar-refractivity contribution in [2.24, 2.45) is 0 Å². The first-order valence-corrected chi connectivity index (χ1v) is 10.7. The molecule has 1 atom stereocenters. The van der Waals surface area contributed by atoms with E-state index in [0.29, 0.717) is 24.5 Å². The van der Waals surface area contributed by atoms with Crippen molar-refractivity contribution in [2.45, 2.75) is 25.3 Å². The normalized spacial score (nSPS) is 18.3. The molecule has 4 rings (SSSR count). The summed E-state index contributed by atoms with van der Waals surface area (Å²) >= 11 is 0. The molecule has 0 aromatic heterocycles. The second-order valence-electron chi connectivity index (χ2n) is 7.85. The lowest BCUT2D eigenvalue weighted by molar-refractivity contribution is -0.119. The molecule has 0 aliphatic carbocycles. The van der Waals surface area contributed by atoms with E-state index in [9.17, 15) is 9.59 Å². The van der Waals surface area contributed by atoms with E-state index in [4.69, 9.17) is 14.2 Å². The van der Waals surface area contributed by atoms with Crippen molar-refractivity contribution in [1.82, 2.24) is 4.90 Å². The van der Waals surface area contributed by atoms with Gasteiger partial charge in [0.1, 0.15) is 0 Å².